The molecule has 0 amide bonds. The molecule has 0 bridgehead atoms. The third-order valence-corrected chi connectivity index (χ3v) is 3.10. The van der Waals surface area contributed by atoms with E-state index in [2.05, 4.69) is 4.98 Å². The van der Waals surface area contributed by atoms with E-state index in [1.54, 1.807) is 25.5 Å². The fraction of sp³-hybridized carbons (Fsp3) is 0.188. The fourth-order valence-electron chi connectivity index (χ4n) is 2.01. The van der Waals surface area contributed by atoms with E-state index in [0.717, 1.165) is 16.8 Å². The van der Waals surface area contributed by atoms with Gasteiger partial charge in [0, 0.05) is 45.3 Å². The normalized spacial score (nSPS) is 10.6. The molecule has 5 nitrogen and oxygen atoms in total. The van der Waals surface area contributed by atoms with Gasteiger partial charge in [-0.2, -0.15) is 5.26 Å². The molecule has 0 unspecified atom stereocenters. The number of nitrogens with zero attached hydrogens (tertiary/aromatic N) is 4. The van der Waals surface area contributed by atoms with E-state index in [-0.39, 0.29) is 11.1 Å². The van der Waals surface area contributed by atoms with Gasteiger partial charge in [0.25, 0.3) is 5.56 Å². The summed E-state index contributed by atoms with van der Waals surface area (Å²) in [5.74, 6) is 0. The summed E-state index contributed by atoms with van der Waals surface area (Å²) in [7, 11) is 5.48. The van der Waals surface area contributed by atoms with Crippen LogP contribution in [0.15, 0.2) is 41.6 Å². The van der Waals surface area contributed by atoms with Crippen molar-refractivity contribution >= 4 is 6.08 Å². The Balaban J connectivity index is 2.75. The lowest BCUT2D eigenvalue weighted by molar-refractivity contribution is 0.567. The lowest BCUT2D eigenvalue weighted by Crippen LogP contribution is -2.22. The zero-order valence-electron chi connectivity index (χ0n) is 12.2. The van der Waals surface area contributed by atoms with Crippen LogP contribution >= 0.6 is 0 Å². The van der Waals surface area contributed by atoms with Crippen molar-refractivity contribution in [2.75, 3.05) is 14.1 Å². The molecular formula is C16H16N4O. The molecule has 0 fully saturated rings. The van der Waals surface area contributed by atoms with Gasteiger partial charge in [-0.15, -0.1) is 0 Å². The number of aromatic nitrogens is 2. The van der Waals surface area contributed by atoms with Crippen LogP contribution in [0.5, 0.6) is 0 Å². The van der Waals surface area contributed by atoms with Gasteiger partial charge in [-0.1, -0.05) is 0 Å². The number of nitriles is 1. The number of pyridine rings is 2. The minimum atomic E-state index is -0.297. The number of hydrogen-bond donors (Lipinski definition) is 0. The zero-order chi connectivity index (χ0) is 15.4. The van der Waals surface area contributed by atoms with Crippen LogP contribution in [-0.2, 0) is 7.05 Å². The molecule has 0 radical (unpaired) electrons. The third kappa shape index (κ3) is 3.00. The van der Waals surface area contributed by atoms with E-state index >= 15 is 0 Å². The minimum absolute atomic E-state index is 0.131. The smallest absolute Gasteiger partial charge is 0.268 e. The summed E-state index contributed by atoms with van der Waals surface area (Å²) in [6.07, 6.45) is 7.10. The van der Waals surface area contributed by atoms with Crippen LogP contribution < -0.4 is 5.56 Å². The van der Waals surface area contributed by atoms with E-state index in [1.165, 1.54) is 4.57 Å². The average Bonchev–Trinajstić information content (AvgIpc) is 2.49. The molecule has 5 heteroatoms. The first kappa shape index (κ1) is 14.5. The van der Waals surface area contributed by atoms with Crippen molar-refractivity contribution in [1.29, 1.82) is 5.26 Å². The maximum Gasteiger partial charge on any atom is 0.268 e. The van der Waals surface area contributed by atoms with Crippen LogP contribution in [0.2, 0.25) is 0 Å². The van der Waals surface area contributed by atoms with Crippen molar-refractivity contribution < 1.29 is 0 Å². The Morgan fingerprint density at radius 3 is 2.57 bits per heavy atom. The molecule has 0 saturated heterocycles. The summed E-state index contributed by atoms with van der Waals surface area (Å²) < 4.78 is 1.49. The van der Waals surface area contributed by atoms with Crippen molar-refractivity contribution in [3.63, 3.8) is 0 Å². The van der Waals surface area contributed by atoms with E-state index in [0.29, 0.717) is 0 Å². The first-order valence-electron chi connectivity index (χ1n) is 6.43. The van der Waals surface area contributed by atoms with Gasteiger partial charge in [0.15, 0.2) is 0 Å². The van der Waals surface area contributed by atoms with Gasteiger partial charge in [0.05, 0.1) is 5.69 Å². The molecule has 0 aliphatic heterocycles. The van der Waals surface area contributed by atoms with Crippen LogP contribution in [0.25, 0.3) is 17.2 Å². The lowest BCUT2D eigenvalue weighted by Gasteiger charge is -2.13. The van der Waals surface area contributed by atoms with Gasteiger partial charge in [-0.05, 0) is 29.8 Å². The fourth-order valence-corrected chi connectivity index (χ4v) is 2.01. The van der Waals surface area contributed by atoms with Gasteiger partial charge in [0.2, 0.25) is 0 Å². The van der Waals surface area contributed by atoms with Crippen LogP contribution in [-0.4, -0.2) is 28.5 Å². The molecule has 0 N–H and O–H groups in total. The highest BCUT2D eigenvalue weighted by Gasteiger charge is 2.12. The molecule has 106 valence electrons. The molecule has 0 saturated carbocycles. The average molecular weight is 280 g/mol. The summed E-state index contributed by atoms with van der Waals surface area (Å²) in [6.45, 7) is 0. The van der Waals surface area contributed by atoms with Gasteiger partial charge in [-0.3, -0.25) is 9.78 Å². The number of rotatable bonds is 3. The Hall–Kier alpha value is -2.87. The molecule has 2 heterocycles. The Labute approximate surface area is 123 Å². The Kier molecular flexibility index (Phi) is 4.19. The third-order valence-electron chi connectivity index (χ3n) is 3.10. The van der Waals surface area contributed by atoms with Crippen LogP contribution in [0.4, 0.5) is 0 Å². The highest BCUT2D eigenvalue weighted by atomic mass is 16.1. The second kappa shape index (κ2) is 6.06. The molecule has 0 aromatic carbocycles. The number of hydrogen-bond acceptors (Lipinski definition) is 4. The van der Waals surface area contributed by atoms with Crippen molar-refractivity contribution in [2.24, 2.45) is 7.05 Å². The van der Waals surface area contributed by atoms with Crippen molar-refractivity contribution in [1.82, 2.24) is 14.5 Å². The van der Waals surface area contributed by atoms with Gasteiger partial charge in [-0.25, -0.2) is 0 Å². The molecule has 2 aromatic rings. The molecule has 0 aliphatic carbocycles. The topological polar surface area (TPSA) is 61.9 Å². The van der Waals surface area contributed by atoms with E-state index in [4.69, 9.17) is 5.26 Å². The molecular weight excluding hydrogens is 264 g/mol. The van der Waals surface area contributed by atoms with Gasteiger partial charge in [0.1, 0.15) is 11.6 Å². The summed E-state index contributed by atoms with van der Waals surface area (Å²) in [5, 5.41) is 9.12. The predicted molar refractivity (Wildman–Crippen MR) is 82.4 cm³/mol. The first-order valence-corrected chi connectivity index (χ1v) is 6.43. The quantitative estimate of drug-likeness (QED) is 0.861. The van der Waals surface area contributed by atoms with Crippen LogP contribution in [0.1, 0.15) is 11.3 Å². The highest BCUT2D eigenvalue weighted by molar-refractivity contribution is 5.74. The van der Waals surface area contributed by atoms with E-state index in [9.17, 15) is 4.79 Å². The summed E-state index contributed by atoms with van der Waals surface area (Å²) >= 11 is 0. The zero-order valence-corrected chi connectivity index (χ0v) is 12.2. The molecule has 0 spiro atoms. The molecule has 0 atom stereocenters. The second-order valence-electron chi connectivity index (χ2n) is 4.85. The predicted octanol–water partition coefficient (Wildman–Crippen LogP) is 1.85. The Bertz CT molecular complexity index is 767. The Morgan fingerprint density at radius 1 is 1.33 bits per heavy atom. The highest BCUT2D eigenvalue weighted by Crippen LogP contribution is 2.23. The summed E-state index contributed by atoms with van der Waals surface area (Å²) in [5.41, 5.74) is 2.32. The van der Waals surface area contributed by atoms with Crippen LogP contribution in [0.3, 0.4) is 0 Å². The molecule has 2 aromatic heterocycles. The minimum Gasteiger partial charge on any atom is -0.383 e. The van der Waals surface area contributed by atoms with Gasteiger partial charge >= 0.3 is 0 Å². The largest absolute Gasteiger partial charge is 0.383 e. The molecule has 0 aliphatic rings. The summed E-state index contributed by atoms with van der Waals surface area (Å²) in [6, 6.07) is 7.30. The summed E-state index contributed by atoms with van der Waals surface area (Å²) in [4.78, 5) is 18.0. The maximum absolute atomic E-state index is 12.1. The van der Waals surface area contributed by atoms with Crippen molar-refractivity contribution in [3.05, 3.63) is 58.4 Å². The maximum atomic E-state index is 12.1. The standard InChI is InChI=1S/C16H16N4O/c1-19(2)9-6-15-14(12-4-7-18-8-5-12)10-13(11-17)16(21)20(15)3/h4-10H,1-3H3. The van der Waals surface area contributed by atoms with Crippen molar-refractivity contribution in [2.45, 2.75) is 0 Å². The van der Waals surface area contributed by atoms with Crippen LogP contribution in [0, 0.1) is 11.3 Å². The SMILES string of the molecule is CN(C)C=Cc1c(-c2ccncc2)cc(C#N)c(=O)n1C. The van der Waals surface area contributed by atoms with E-state index in [1.807, 2.05) is 49.5 Å². The molecule has 2 rings (SSSR count). The second-order valence-corrected chi connectivity index (χ2v) is 4.85. The lowest BCUT2D eigenvalue weighted by atomic mass is 10.0. The van der Waals surface area contributed by atoms with Gasteiger partial charge < -0.3 is 9.47 Å². The van der Waals surface area contributed by atoms with Crippen molar-refractivity contribution in [3.8, 4) is 17.2 Å². The first-order chi connectivity index (χ1) is 10.0. The monoisotopic (exact) mass is 280 g/mol. The Morgan fingerprint density at radius 2 is 2.00 bits per heavy atom. The van der Waals surface area contributed by atoms with E-state index < -0.39 is 0 Å². The molecule has 21 heavy (non-hydrogen) atoms.